The Bertz CT molecular complexity index is 868. The number of fused-ring (bicyclic) bond motifs is 1. The largest absolute Gasteiger partial charge is 0.481 e. The molecule has 0 saturated carbocycles. The van der Waals surface area contributed by atoms with Gasteiger partial charge in [-0.25, -0.2) is 0 Å². The first-order valence-electron chi connectivity index (χ1n) is 9.21. The van der Waals surface area contributed by atoms with E-state index in [2.05, 4.69) is 11.2 Å². The highest BCUT2D eigenvalue weighted by Crippen LogP contribution is 2.37. The van der Waals surface area contributed by atoms with E-state index in [4.69, 9.17) is 15.9 Å². The second-order valence-electron chi connectivity index (χ2n) is 6.72. The summed E-state index contributed by atoms with van der Waals surface area (Å²) in [5.41, 5.74) is 2.38. The summed E-state index contributed by atoms with van der Waals surface area (Å²) >= 11 is 0. The summed E-state index contributed by atoms with van der Waals surface area (Å²) < 4.78 is 11.5. The Morgan fingerprint density at radius 1 is 1.22 bits per heavy atom. The van der Waals surface area contributed by atoms with Gasteiger partial charge in [-0.15, -0.1) is 6.42 Å². The Balaban J connectivity index is 1.72. The maximum Gasteiger partial charge on any atom is 0.257 e. The van der Waals surface area contributed by atoms with Crippen LogP contribution in [-0.2, 0) is 4.74 Å². The van der Waals surface area contributed by atoms with Gasteiger partial charge < -0.3 is 19.7 Å². The van der Waals surface area contributed by atoms with Crippen molar-refractivity contribution in [3.8, 4) is 18.1 Å². The van der Waals surface area contributed by atoms with E-state index in [0.29, 0.717) is 17.9 Å². The fourth-order valence-electron chi connectivity index (χ4n) is 3.69. The fourth-order valence-corrected chi connectivity index (χ4v) is 3.69. The van der Waals surface area contributed by atoms with Gasteiger partial charge in [0.25, 0.3) is 5.91 Å². The lowest BCUT2D eigenvalue weighted by molar-refractivity contribution is 0.0424. The molecule has 138 valence electrons. The van der Waals surface area contributed by atoms with Gasteiger partial charge >= 0.3 is 0 Å². The van der Waals surface area contributed by atoms with E-state index in [1.54, 1.807) is 0 Å². The number of ether oxygens (including phenoxy) is 2. The zero-order chi connectivity index (χ0) is 18.6. The SMILES string of the molecule is C#CCOc1ccccc1[C@H]1Nc2ccccc2C(=O)N1C[C@H]1CCCO1. The normalized spacial score (nSPS) is 21.3. The molecule has 4 rings (SSSR count). The van der Waals surface area contributed by atoms with Crippen molar-refractivity contribution in [2.75, 3.05) is 25.1 Å². The minimum absolute atomic E-state index is 0.00315. The molecule has 0 aromatic heterocycles. The minimum atomic E-state index is -0.342. The summed E-state index contributed by atoms with van der Waals surface area (Å²) in [4.78, 5) is 15.1. The van der Waals surface area contributed by atoms with Crippen molar-refractivity contribution in [2.45, 2.75) is 25.1 Å². The molecule has 2 aromatic rings. The number of rotatable bonds is 5. The first-order valence-corrected chi connectivity index (χ1v) is 9.21. The molecule has 27 heavy (non-hydrogen) atoms. The Morgan fingerprint density at radius 2 is 2.04 bits per heavy atom. The zero-order valence-corrected chi connectivity index (χ0v) is 15.1. The number of benzene rings is 2. The van der Waals surface area contributed by atoms with Crippen LogP contribution in [0.1, 0.15) is 34.9 Å². The molecule has 1 amide bonds. The molecule has 1 saturated heterocycles. The van der Waals surface area contributed by atoms with Crippen molar-refractivity contribution in [3.63, 3.8) is 0 Å². The number of hydrogen-bond acceptors (Lipinski definition) is 4. The first kappa shape index (κ1) is 17.4. The molecule has 5 heteroatoms. The molecule has 5 nitrogen and oxygen atoms in total. The van der Waals surface area contributed by atoms with E-state index in [1.807, 2.05) is 53.4 Å². The van der Waals surface area contributed by atoms with Crippen LogP contribution in [0.15, 0.2) is 48.5 Å². The van der Waals surface area contributed by atoms with Crippen molar-refractivity contribution in [3.05, 3.63) is 59.7 Å². The monoisotopic (exact) mass is 362 g/mol. The highest BCUT2D eigenvalue weighted by Gasteiger charge is 2.36. The van der Waals surface area contributed by atoms with Crippen molar-refractivity contribution < 1.29 is 14.3 Å². The van der Waals surface area contributed by atoms with Crippen LogP contribution < -0.4 is 10.1 Å². The third kappa shape index (κ3) is 3.49. The number of nitrogens with one attached hydrogen (secondary N) is 1. The van der Waals surface area contributed by atoms with Gasteiger partial charge in [-0.3, -0.25) is 4.79 Å². The second-order valence-corrected chi connectivity index (χ2v) is 6.72. The van der Waals surface area contributed by atoms with E-state index in [0.717, 1.165) is 30.7 Å². The number of carbonyl (C=O) groups excluding carboxylic acids is 1. The number of terminal acetylenes is 1. The average Bonchev–Trinajstić information content (AvgIpc) is 3.22. The molecule has 2 atom stereocenters. The van der Waals surface area contributed by atoms with Gasteiger partial charge in [0, 0.05) is 24.4 Å². The van der Waals surface area contributed by atoms with E-state index in [1.165, 1.54) is 0 Å². The molecule has 0 aliphatic carbocycles. The van der Waals surface area contributed by atoms with E-state index >= 15 is 0 Å². The third-order valence-electron chi connectivity index (χ3n) is 4.97. The molecule has 0 spiro atoms. The number of hydrogen-bond donors (Lipinski definition) is 1. The van der Waals surface area contributed by atoms with Gasteiger partial charge in [0.1, 0.15) is 18.5 Å². The lowest BCUT2D eigenvalue weighted by Crippen LogP contribution is -2.46. The standard InChI is InChI=1S/C22H22N2O3/c1-2-13-27-20-12-6-4-10-18(20)21-23-19-11-5-3-9-17(19)22(25)24(21)15-16-8-7-14-26-16/h1,3-6,9-12,16,21,23H,7-8,13-15H2/t16-,21+/m1/s1. The predicted octanol–water partition coefficient (Wildman–Crippen LogP) is 3.44. The molecule has 2 heterocycles. The lowest BCUT2D eigenvalue weighted by atomic mass is 10.0. The van der Waals surface area contributed by atoms with E-state index < -0.39 is 0 Å². The summed E-state index contributed by atoms with van der Waals surface area (Å²) in [5.74, 6) is 3.17. The summed E-state index contributed by atoms with van der Waals surface area (Å²) in [7, 11) is 0. The first-order chi connectivity index (χ1) is 13.3. The van der Waals surface area contributed by atoms with Crippen LogP contribution in [-0.4, -0.2) is 36.7 Å². The molecule has 0 radical (unpaired) electrons. The highest BCUT2D eigenvalue weighted by atomic mass is 16.5. The number of amides is 1. The third-order valence-corrected chi connectivity index (χ3v) is 4.97. The molecule has 2 aromatic carbocycles. The van der Waals surface area contributed by atoms with Crippen molar-refractivity contribution in [2.24, 2.45) is 0 Å². The van der Waals surface area contributed by atoms with Crippen LogP contribution in [0.25, 0.3) is 0 Å². The number of nitrogens with zero attached hydrogens (tertiary/aromatic N) is 1. The maximum atomic E-state index is 13.3. The van der Waals surface area contributed by atoms with Crippen molar-refractivity contribution in [1.29, 1.82) is 0 Å². The smallest absolute Gasteiger partial charge is 0.257 e. The number of para-hydroxylation sites is 2. The summed E-state index contributed by atoms with van der Waals surface area (Å²) in [6, 6.07) is 15.3. The minimum Gasteiger partial charge on any atom is -0.481 e. The number of anilines is 1. The molecule has 1 N–H and O–H groups in total. The van der Waals surface area contributed by atoms with Crippen LogP contribution in [0.5, 0.6) is 5.75 Å². The van der Waals surface area contributed by atoms with Gasteiger partial charge in [-0.2, -0.15) is 0 Å². The summed E-state index contributed by atoms with van der Waals surface area (Å²) in [6.45, 7) is 1.47. The predicted molar refractivity (Wildman–Crippen MR) is 104 cm³/mol. The van der Waals surface area contributed by atoms with Crippen LogP contribution >= 0.6 is 0 Å². The molecular formula is C22H22N2O3. The topological polar surface area (TPSA) is 50.8 Å². The average molecular weight is 362 g/mol. The van der Waals surface area contributed by atoms with Gasteiger partial charge in [0.05, 0.1) is 11.7 Å². The van der Waals surface area contributed by atoms with Gasteiger partial charge in [0.15, 0.2) is 0 Å². The second kappa shape index (κ2) is 7.73. The Hall–Kier alpha value is -2.97. The van der Waals surface area contributed by atoms with Crippen molar-refractivity contribution >= 4 is 11.6 Å². The molecule has 2 aliphatic heterocycles. The molecule has 0 unspecified atom stereocenters. The Labute approximate surface area is 159 Å². The highest BCUT2D eigenvalue weighted by molar-refractivity contribution is 6.01. The molecule has 0 bridgehead atoms. The molecular weight excluding hydrogens is 340 g/mol. The lowest BCUT2D eigenvalue weighted by Gasteiger charge is -2.39. The van der Waals surface area contributed by atoms with Crippen LogP contribution in [0.4, 0.5) is 5.69 Å². The Kier molecular flexibility index (Phi) is 4.99. The molecule has 2 aliphatic rings. The quantitative estimate of drug-likeness (QED) is 0.828. The van der Waals surface area contributed by atoms with Crippen LogP contribution in [0.3, 0.4) is 0 Å². The fraction of sp³-hybridized carbons (Fsp3) is 0.318. The van der Waals surface area contributed by atoms with Gasteiger partial charge in [-0.1, -0.05) is 36.3 Å². The molecule has 1 fully saturated rings. The van der Waals surface area contributed by atoms with E-state index in [-0.39, 0.29) is 24.8 Å². The summed E-state index contributed by atoms with van der Waals surface area (Å²) in [5, 5.41) is 3.50. The summed E-state index contributed by atoms with van der Waals surface area (Å²) in [6.07, 6.45) is 7.07. The van der Waals surface area contributed by atoms with Gasteiger partial charge in [-0.05, 0) is 31.0 Å². The Morgan fingerprint density at radius 3 is 2.85 bits per heavy atom. The van der Waals surface area contributed by atoms with Crippen LogP contribution in [0, 0.1) is 12.3 Å². The van der Waals surface area contributed by atoms with Crippen LogP contribution in [0.2, 0.25) is 0 Å². The number of carbonyl (C=O) groups is 1. The zero-order valence-electron chi connectivity index (χ0n) is 15.1. The van der Waals surface area contributed by atoms with E-state index in [9.17, 15) is 4.79 Å². The van der Waals surface area contributed by atoms with Gasteiger partial charge in [0.2, 0.25) is 0 Å². The van der Waals surface area contributed by atoms with Crippen molar-refractivity contribution in [1.82, 2.24) is 4.90 Å². The maximum absolute atomic E-state index is 13.3.